The molecule has 0 fully saturated rings. The molecule has 0 aromatic carbocycles. The maximum atomic E-state index is 11.5. The second kappa shape index (κ2) is 6.00. The lowest BCUT2D eigenvalue weighted by molar-refractivity contribution is -0.141. The smallest absolute Gasteiger partial charge is 0.319 e. The van der Waals surface area contributed by atoms with E-state index in [4.69, 9.17) is 4.52 Å². The van der Waals surface area contributed by atoms with Crippen LogP contribution < -0.4 is 5.32 Å². The molecule has 1 N–H and O–H groups in total. The second-order valence-corrected chi connectivity index (χ2v) is 3.63. The molecule has 0 spiro atoms. The molecule has 0 aliphatic carbocycles. The van der Waals surface area contributed by atoms with Gasteiger partial charge in [-0.1, -0.05) is 5.16 Å². The molecular formula is C10H15N3O4. The topological polar surface area (TPSA) is 84.7 Å². The van der Waals surface area contributed by atoms with E-state index in [-0.39, 0.29) is 19.0 Å². The molecule has 1 aromatic heterocycles. The van der Waals surface area contributed by atoms with Gasteiger partial charge in [0.2, 0.25) is 11.8 Å². The van der Waals surface area contributed by atoms with Crippen molar-refractivity contribution in [1.29, 1.82) is 0 Å². The molecule has 0 radical (unpaired) electrons. The standard InChI is InChI=1S/C10H15N3O4/c1-7-4-9(17-12-7)11-8(14)5-13(2)6-10(15)16-3/h4H,5-6H2,1-3H3,(H,11,14). The Morgan fingerprint density at radius 2 is 2.24 bits per heavy atom. The van der Waals surface area contributed by atoms with E-state index in [1.807, 2.05) is 0 Å². The van der Waals surface area contributed by atoms with E-state index in [1.165, 1.54) is 12.0 Å². The van der Waals surface area contributed by atoms with Crippen LogP contribution in [0.1, 0.15) is 5.69 Å². The number of esters is 1. The van der Waals surface area contributed by atoms with Crippen molar-refractivity contribution in [2.24, 2.45) is 0 Å². The summed E-state index contributed by atoms with van der Waals surface area (Å²) >= 11 is 0. The summed E-state index contributed by atoms with van der Waals surface area (Å²) in [6.45, 7) is 1.87. The Morgan fingerprint density at radius 1 is 1.53 bits per heavy atom. The first-order chi connectivity index (χ1) is 8.01. The Morgan fingerprint density at radius 3 is 2.76 bits per heavy atom. The number of anilines is 1. The van der Waals surface area contributed by atoms with E-state index >= 15 is 0 Å². The van der Waals surface area contributed by atoms with Crippen LogP contribution in [0.15, 0.2) is 10.6 Å². The van der Waals surface area contributed by atoms with Crippen molar-refractivity contribution in [2.75, 3.05) is 32.6 Å². The third kappa shape index (κ3) is 4.64. The first-order valence-corrected chi connectivity index (χ1v) is 5.00. The maximum Gasteiger partial charge on any atom is 0.319 e. The Bertz CT molecular complexity index is 402. The van der Waals surface area contributed by atoms with Crippen LogP contribution in [0.25, 0.3) is 0 Å². The number of aromatic nitrogens is 1. The Labute approximate surface area is 98.7 Å². The lowest BCUT2D eigenvalue weighted by Crippen LogP contribution is -2.34. The minimum Gasteiger partial charge on any atom is -0.468 e. The average Bonchev–Trinajstić information content (AvgIpc) is 2.63. The molecule has 0 aliphatic heterocycles. The van der Waals surface area contributed by atoms with E-state index < -0.39 is 5.97 Å². The van der Waals surface area contributed by atoms with Gasteiger partial charge in [0, 0.05) is 6.07 Å². The fourth-order valence-corrected chi connectivity index (χ4v) is 1.19. The fourth-order valence-electron chi connectivity index (χ4n) is 1.19. The van der Waals surface area contributed by atoms with Gasteiger partial charge < -0.3 is 9.26 Å². The van der Waals surface area contributed by atoms with Gasteiger partial charge in [-0.3, -0.25) is 19.8 Å². The number of carbonyl (C=O) groups excluding carboxylic acids is 2. The van der Waals surface area contributed by atoms with E-state index in [9.17, 15) is 9.59 Å². The summed E-state index contributed by atoms with van der Waals surface area (Å²) in [6.07, 6.45) is 0. The quantitative estimate of drug-likeness (QED) is 0.732. The van der Waals surface area contributed by atoms with Gasteiger partial charge in [-0.15, -0.1) is 0 Å². The third-order valence-corrected chi connectivity index (χ3v) is 1.93. The van der Waals surface area contributed by atoms with Crippen molar-refractivity contribution in [3.05, 3.63) is 11.8 Å². The highest BCUT2D eigenvalue weighted by atomic mass is 16.5. The number of aryl methyl sites for hydroxylation is 1. The molecule has 0 unspecified atom stereocenters. The van der Waals surface area contributed by atoms with Crippen LogP contribution in [0.4, 0.5) is 5.88 Å². The molecule has 0 saturated heterocycles. The summed E-state index contributed by atoms with van der Waals surface area (Å²) in [4.78, 5) is 24.0. The number of likely N-dealkylation sites (N-methyl/N-ethyl adjacent to an activating group) is 1. The van der Waals surface area contributed by atoms with Gasteiger partial charge in [0.25, 0.3) is 0 Å². The van der Waals surface area contributed by atoms with Crippen LogP contribution in [0.3, 0.4) is 0 Å². The lowest BCUT2D eigenvalue weighted by atomic mass is 10.4. The summed E-state index contributed by atoms with van der Waals surface area (Å²) in [5.74, 6) is -0.387. The van der Waals surface area contributed by atoms with Gasteiger partial charge in [0.05, 0.1) is 25.9 Å². The van der Waals surface area contributed by atoms with Crippen LogP contribution in [0.5, 0.6) is 0 Å². The minimum atomic E-state index is -0.393. The monoisotopic (exact) mass is 241 g/mol. The van der Waals surface area contributed by atoms with Gasteiger partial charge in [-0.05, 0) is 14.0 Å². The summed E-state index contributed by atoms with van der Waals surface area (Å²) in [6, 6.07) is 1.61. The zero-order valence-electron chi connectivity index (χ0n) is 10.0. The first kappa shape index (κ1) is 13.2. The predicted molar refractivity (Wildman–Crippen MR) is 59.4 cm³/mol. The largest absolute Gasteiger partial charge is 0.468 e. The number of carbonyl (C=O) groups is 2. The van der Waals surface area contributed by atoms with E-state index in [0.29, 0.717) is 11.6 Å². The molecule has 0 atom stereocenters. The van der Waals surface area contributed by atoms with E-state index in [1.54, 1.807) is 20.0 Å². The molecular weight excluding hydrogens is 226 g/mol. The number of rotatable bonds is 5. The van der Waals surface area contributed by atoms with Crippen LogP contribution in [-0.2, 0) is 14.3 Å². The average molecular weight is 241 g/mol. The summed E-state index contributed by atoms with van der Waals surface area (Å²) < 4.78 is 9.31. The van der Waals surface area contributed by atoms with Gasteiger partial charge in [0.15, 0.2) is 0 Å². The number of hydrogen-bond donors (Lipinski definition) is 1. The Kier molecular flexibility index (Phi) is 4.65. The third-order valence-electron chi connectivity index (χ3n) is 1.93. The molecule has 94 valence electrons. The van der Waals surface area contributed by atoms with Gasteiger partial charge in [-0.2, -0.15) is 0 Å². The van der Waals surface area contributed by atoms with Gasteiger partial charge in [-0.25, -0.2) is 0 Å². The van der Waals surface area contributed by atoms with Gasteiger partial charge >= 0.3 is 5.97 Å². The van der Waals surface area contributed by atoms with Crippen molar-refractivity contribution in [3.63, 3.8) is 0 Å². The number of amides is 1. The summed E-state index contributed by atoms with van der Waals surface area (Å²) in [7, 11) is 2.94. The number of hydrogen-bond acceptors (Lipinski definition) is 6. The maximum absolute atomic E-state index is 11.5. The number of nitrogens with zero attached hydrogens (tertiary/aromatic N) is 2. The lowest BCUT2D eigenvalue weighted by Gasteiger charge is -2.13. The molecule has 1 aromatic rings. The summed E-state index contributed by atoms with van der Waals surface area (Å²) in [5.41, 5.74) is 0.684. The van der Waals surface area contributed by atoms with Crippen molar-refractivity contribution in [1.82, 2.24) is 10.1 Å². The van der Waals surface area contributed by atoms with Crippen LogP contribution in [0, 0.1) is 6.92 Å². The number of nitrogens with one attached hydrogen (secondary N) is 1. The molecule has 0 saturated carbocycles. The molecule has 17 heavy (non-hydrogen) atoms. The highest BCUT2D eigenvalue weighted by Gasteiger charge is 2.12. The van der Waals surface area contributed by atoms with Crippen molar-refractivity contribution >= 4 is 17.8 Å². The minimum absolute atomic E-state index is 0.0549. The highest BCUT2D eigenvalue weighted by Crippen LogP contribution is 2.07. The van der Waals surface area contributed by atoms with Crippen molar-refractivity contribution < 1.29 is 18.8 Å². The first-order valence-electron chi connectivity index (χ1n) is 5.00. The molecule has 1 heterocycles. The fraction of sp³-hybridized carbons (Fsp3) is 0.500. The molecule has 7 nitrogen and oxygen atoms in total. The number of methoxy groups -OCH3 is 1. The van der Waals surface area contributed by atoms with Gasteiger partial charge in [0.1, 0.15) is 0 Å². The molecule has 0 aliphatic rings. The molecule has 7 heteroatoms. The van der Waals surface area contributed by atoms with Crippen LogP contribution in [-0.4, -0.2) is 49.2 Å². The zero-order valence-corrected chi connectivity index (χ0v) is 10.0. The van der Waals surface area contributed by atoms with Crippen molar-refractivity contribution in [2.45, 2.75) is 6.92 Å². The molecule has 1 amide bonds. The Balaban J connectivity index is 2.36. The van der Waals surface area contributed by atoms with E-state index in [0.717, 1.165) is 0 Å². The Hall–Kier alpha value is -1.89. The highest BCUT2D eigenvalue weighted by molar-refractivity contribution is 5.91. The second-order valence-electron chi connectivity index (χ2n) is 3.63. The zero-order chi connectivity index (χ0) is 12.8. The van der Waals surface area contributed by atoms with Crippen LogP contribution >= 0.6 is 0 Å². The summed E-state index contributed by atoms with van der Waals surface area (Å²) in [5, 5.41) is 6.16. The molecule has 1 rings (SSSR count). The number of ether oxygens (including phenoxy) is 1. The predicted octanol–water partition coefficient (Wildman–Crippen LogP) is 0.0263. The normalized spacial score (nSPS) is 10.4. The molecule has 0 bridgehead atoms. The van der Waals surface area contributed by atoms with Crippen LogP contribution in [0.2, 0.25) is 0 Å². The SMILES string of the molecule is COC(=O)CN(C)CC(=O)Nc1cc(C)no1. The van der Waals surface area contributed by atoms with E-state index in [2.05, 4.69) is 15.2 Å². The van der Waals surface area contributed by atoms with Crippen molar-refractivity contribution in [3.8, 4) is 0 Å².